The van der Waals surface area contributed by atoms with Gasteiger partial charge >= 0.3 is 0 Å². The normalized spacial score (nSPS) is 11.4. The van der Waals surface area contributed by atoms with E-state index in [0.717, 1.165) is 28.2 Å². The van der Waals surface area contributed by atoms with Gasteiger partial charge in [0.2, 0.25) is 5.16 Å². The molecule has 0 aliphatic rings. The highest BCUT2D eigenvalue weighted by Crippen LogP contribution is 2.21. The molecule has 2 heterocycles. The van der Waals surface area contributed by atoms with Crippen molar-refractivity contribution >= 4 is 29.7 Å². The van der Waals surface area contributed by atoms with Gasteiger partial charge in [0, 0.05) is 5.56 Å². The largest absolute Gasteiger partial charge is 0.462 e. The minimum absolute atomic E-state index is 0.0953. The van der Waals surface area contributed by atoms with Gasteiger partial charge in [-0.15, -0.1) is 5.10 Å². The van der Waals surface area contributed by atoms with E-state index in [0.29, 0.717) is 16.7 Å². The number of nitrogens with one attached hydrogen (secondary N) is 1. The Morgan fingerprint density at radius 3 is 2.54 bits per heavy atom. The van der Waals surface area contributed by atoms with Gasteiger partial charge < -0.3 is 4.42 Å². The molecule has 3 aromatic rings. The van der Waals surface area contributed by atoms with Crippen molar-refractivity contribution in [2.24, 2.45) is 0 Å². The van der Waals surface area contributed by atoms with Crippen LogP contribution in [0, 0.1) is 27.7 Å². The molecule has 0 spiro atoms. The lowest BCUT2D eigenvalue weighted by molar-refractivity contribution is 0.102. The molecule has 6 heteroatoms. The van der Waals surface area contributed by atoms with E-state index < -0.39 is 0 Å². The Balaban J connectivity index is 1.63. The van der Waals surface area contributed by atoms with Crippen LogP contribution in [-0.2, 0) is 0 Å². The van der Waals surface area contributed by atoms with Gasteiger partial charge in [-0.25, -0.2) is 4.98 Å². The number of hydrogen-bond acceptors (Lipinski definition) is 5. The predicted molar refractivity (Wildman–Crippen MR) is 104 cm³/mol. The molecule has 0 saturated heterocycles. The molecule has 3 rings (SSSR count). The molecule has 0 bridgehead atoms. The third-order valence-corrected chi connectivity index (χ3v) is 4.78. The number of aromatic amines is 1. The molecule has 0 atom stereocenters. The lowest BCUT2D eigenvalue weighted by atomic mass is 9.97. The fourth-order valence-corrected chi connectivity index (χ4v) is 3.60. The molecule has 0 radical (unpaired) electrons. The molecule has 2 aromatic heterocycles. The van der Waals surface area contributed by atoms with Crippen LogP contribution in [0.5, 0.6) is 0 Å². The second-order valence-corrected chi connectivity index (χ2v) is 7.21. The van der Waals surface area contributed by atoms with Crippen LogP contribution in [0.15, 0.2) is 33.8 Å². The van der Waals surface area contributed by atoms with E-state index in [1.807, 2.05) is 58.0 Å². The molecule has 1 N–H and O–H groups in total. The van der Waals surface area contributed by atoms with Gasteiger partial charge in [0.1, 0.15) is 17.3 Å². The summed E-state index contributed by atoms with van der Waals surface area (Å²) in [6, 6.07) is 7.87. The molecule has 134 valence electrons. The average molecular weight is 367 g/mol. The number of Topliss-reactive ketones (excluding diaryl/α,β-unsaturated/α-hetero) is 1. The lowest BCUT2D eigenvalue weighted by Gasteiger charge is -2.09. The molecule has 0 amide bonds. The Morgan fingerprint density at radius 2 is 1.88 bits per heavy atom. The zero-order valence-electron chi connectivity index (χ0n) is 15.3. The maximum absolute atomic E-state index is 12.6. The van der Waals surface area contributed by atoms with Crippen LogP contribution >= 0.6 is 11.8 Å². The van der Waals surface area contributed by atoms with Gasteiger partial charge in [0.15, 0.2) is 5.78 Å². The number of carbonyl (C=O) groups excluding carboxylic acids is 1. The number of aryl methyl sites for hydroxylation is 4. The molecule has 0 fully saturated rings. The second kappa shape index (κ2) is 7.74. The summed E-state index contributed by atoms with van der Waals surface area (Å²) >= 11 is 1.33. The van der Waals surface area contributed by atoms with Crippen LogP contribution in [-0.4, -0.2) is 26.7 Å². The Bertz CT molecular complexity index is 946. The number of thioether (sulfide) groups is 1. The topological polar surface area (TPSA) is 71.8 Å². The molecule has 0 aliphatic carbocycles. The molecular weight excluding hydrogens is 346 g/mol. The quantitative estimate of drug-likeness (QED) is 0.501. The maximum Gasteiger partial charge on any atom is 0.209 e. The van der Waals surface area contributed by atoms with Gasteiger partial charge in [-0.1, -0.05) is 29.5 Å². The first-order valence-electron chi connectivity index (χ1n) is 8.33. The smallest absolute Gasteiger partial charge is 0.209 e. The van der Waals surface area contributed by atoms with Gasteiger partial charge in [0.05, 0.1) is 5.75 Å². The maximum atomic E-state index is 12.6. The van der Waals surface area contributed by atoms with Gasteiger partial charge in [-0.3, -0.25) is 9.89 Å². The SMILES string of the molecule is Cc1cc(C)c(C(=O)CSc2n[nH]c(/C=C/c3ccc(C)o3)n2)c(C)c1. The minimum Gasteiger partial charge on any atom is -0.462 e. The first-order chi connectivity index (χ1) is 12.4. The first kappa shape index (κ1) is 18.2. The molecular formula is C20H21N3O2S. The van der Waals surface area contributed by atoms with Crippen LogP contribution in [0.2, 0.25) is 0 Å². The number of benzene rings is 1. The number of nitrogens with zero attached hydrogens (tertiary/aromatic N) is 2. The zero-order valence-corrected chi connectivity index (χ0v) is 16.1. The number of ketones is 1. The first-order valence-corrected chi connectivity index (χ1v) is 9.31. The molecule has 0 aliphatic heterocycles. The Morgan fingerprint density at radius 1 is 1.15 bits per heavy atom. The minimum atomic E-state index is 0.0953. The van der Waals surface area contributed by atoms with Crippen LogP contribution < -0.4 is 0 Å². The molecule has 0 saturated carbocycles. The van der Waals surface area contributed by atoms with E-state index in [4.69, 9.17) is 4.42 Å². The highest BCUT2D eigenvalue weighted by molar-refractivity contribution is 7.99. The monoisotopic (exact) mass is 367 g/mol. The third kappa shape index (κ3) is 4.32. The van der Waals surface area contributed by atoms with Crippen molar-refractivity contribution in [2.75, 3.05) is 5.75 Å². The summed E-state index contributed by atoms with van der Waals surface area (Å²) in [7, 11) is 0. The number of furan rings is 1. The van der Waals surface area contributed by atoms with Crippen LogP contribution in [0.4, 0.5) is 0 Å². The van der Waals surface area contributed by atoms with E-state index in [1.54, 1.807) is 6.08 Å². The van der Waals surface area contributed by atoms with Gasteiger partial charge in [-0.05, 0) is 63.1 Å². The van der Waals surface area contributed by atoms with Crippen LogP contribution in [0.3, 0.4) is 0 Å². The Kier molecular flexibility index (Phi) is 5.42. The fourth-order valence-electron chi connectivity index (χ4n) is 2.92. The van der Waals surface area contributed by atoms with E-state index in [-0.39, 0.29) is 5.78 Å². The molecule has 1 aromatic carbocycles. The number of rotatable bonds is 6. The number of H-pyrrole nitrogens is 1. The van der Waals surface area contributed by atoms with Crippen LogP contribution in [0.25, 0.3) is 12.2 Å². The zero-order chi connectivity index (χ0) is 18.7. The summed E-state index contributed by atoms with van der Waals surface area (Å²) in [6.45, 7) is 7.89. The highest BCUT2D eigenvalue weighted by atomic mass is 32.2. The van der Waals surface area contributed by atoms with Gasteiger partial charge in [-0.2, -0.15) is 0 Å². The van der Waals surface area contributed by atoms with Crippen LogP contribution in [0.1, 0.15) is 44.4 Å². The highest BCUT2D eigenvalue weighted by Gasteiger charge is 2.14. The average Bonchev–Trinajstić information content (AvgIpc) is 3.18. The Hall–Kier alpha value is -2.60. The van der Waals surface area contributed by atoms with E-state index >= 15 is 0 Å². The standard InChI is InChI=1S/C20H21N3O2S/c1-12-9-13(2)19(14(3)10-12)17(24)11-26-20-21-18(22-23-20)8-7-16-6-5-15(4)25-16/h5-10H,11H2,1-4H3,(H,21,22,23)/b8-7+. The van der Waals surface area contributed by atoms with Crippen molar-refractivity contribution in [3.8, 4) is 0 Å². The third-order valence-electron chi connectivity index (χ3n) is 3.94. The van der Waals surface area contributed by atoms with Crippen molar-refractivity contribution in [3.05, 3.63) is 63.9 Å². The van der Waals surface area contributed by atoms with E-state index in [9.17, 15) is 4.79 Å². The second-order valence-electron chi connectivity index (χ2n) is 6.27. The summed E-state index contributed by atoms with van der Waals surface area (Å²) in [5.41, 5.74) is 3.99. The van der Waals surface area contributed by atoms with Crippen molar-refractivity contribution in [3.63, 3.8) is 0 Å². The van der Waals surface area contributed by atoms with E-state index in [1.165, 1.54) is 17.3 Å². The van der Waals surface area contributed by atoms with Crippen molar-refractivity contribution < 1.29 is 9.21 Å². The predicted octanol–water partition coefficient (Wildman–Crippen LogP) is 4.78. The molecule has 5 nitrogen and oxygen atoms in total. The molecule has 0 unspecified atom stereocenters. The van der Waals surface area contributed by atoms with E-state index in [2.05, 4.69) is 15.2 Å². The molecule has 26 heavy (non-hydrogen) atoms. The van der Waals surface area contributed by atoms with Crippen molar-refractivity contribution in [1.82, 2.24) is 15.2 Å². The lowest BCUT2D eigenvalue weighted by Crippen LogP contribution is -2.08. The summed E-state index contributed by atoms with van der Waals surface area (Å²) in [5.74, 6) is 2.64. The van der Waals surface area contributed by atoms with Crippen molar-refractivity contribution in [2.45, 2.75) is 32.9 Å². The van der Waals surface area contributed by atoms with Crippen molar-refractivity contribution in [1.29, 1.82) is 0 Å². The number of hydrogen-bond donors (Lipinski definition) is 1. The summed E-state index contributed by atoms with van der Waals surface area (Å²) in [6.07, 6.45) is 3.62. The van der Waals surface area contributed by atoms with Gasteiger partial charge in [0.25, 0.3) is 0 Å². The summed E-state index contributed by atoms with van der Waals surface area (Å²) in [5, 5.41) is 7.56. The number of aromatic nitrogens is 3. The fraction of sp³-hybridized carbons (Fsp3) is 0.250. The Labute approximate surface area is 156 Å². The summed E-state index contributed by atoms with van der Waals surface area (Å²) in [4.78, 5) is 17.0. The number of carbonyl (C=O) groups is 1. The summed E-state index contributed by atoms with van der Waals surface area (Å²) < 4.78 is 5.47.